The number of nitrogens with one attached hydrogen (secondary N) is 2. The van der Waals surface area contributed by atoms with E-state index >= 15 is 0 Å². The molecule has 2 unspecified atom stereocenters. The van der Waals surface area contributed by atoms with Crippen molar-refractivity contribution < 1.29 is 19.1 Å². The molecule has 0 saturated carbocycles. The normalized spacial score (nSPS) is 23.2. The summed E-state index contributed by atoms with van der Waals surface area (Å²) >= 11 is 0. The number of likely N-dealkylation sites (N-methyl/N-ethyl adjacent to an activating group) is 4. The average Bonchev–Trinajstić information content (AvgIpc) is 2.84. The van der Waals surface area contributed by atoms with Gasteiger partial charge in [-0.05, 0) is 46.3 Å². The van der Waals surface area contributed by atoms with E-state index in [0.717, 1.165) is 78.0 Å². The number of piperazine rings is 2. The SMILES string of the molecule is CNC(=O)COCCCCCN1CCN(C)CC1C1CN(C)CCN1CCCOCC(=O)NC. The van der Waals surface area contributed by atoms with Crippen LogP contribution in [0.5, 0.6) is 0 Å². The second kappa shape index (κ2) is 16.4. The maximum Gasteiger partial charge on any atom is 0.245 e. The molecule has 2 N–H and O–H groups in total. The lowest BCUT2D eigenvalue weighted by Crippen LogP contribution is -2.66. The number of carbonyl (C=O) groups is 2. The van der Waals surface area contributed by atoms with Crippen molar-refractivity contribution >= 4 is 11.8 Å². The number of rotatable bonds is 15. The lowest BCUT2D eigenvalue weighted by molar-refractivity contribution is -0.126. The Morgan fingerprint density at radius 2 is 1.18 bits per heavy atom. The summed E-state index contributed by atoms with van der Waals surface area (Å²) in [6.45, 7) is 10.2. The summed E-state index contributed by atoms with van der Waals surface area (Å²) in [4.78, 5) is 32.9. The summed E-state index contributed by atoms with van der Waals surface area (Å²) in [5, 5.41) is 5.17. The Bertz CT molecular complexity index is 596. The van der Waals surface area contributed by atoms with Crippen molar-refractivity contribution in [2.24, 2.45) is 0 Å². The van der Waals surface area contributed by atoms with Gasteiger partial charge in [0.2, 0.25) is 11.8 Å². The lowest BCUT2D eigenvalue weighted by atomic mass is 9.98. The van der Waals surface area contributed by atoms with Crippen LogP contribution in [-0.4, -0.2) is 150 Å². The van der Waals surface area contributed by atoms with E-state index in [0.29, 0.717) is 25.3 Å². The molecule has 0 aromatic rings. The first kappa shape index (κ1) is 28.9. The molecule has 198 valence electrons. The molecule has 0 bridgehead atoms. The van der Waals surface area contributed by atoms with Gasteiger partial charge in [-0.15, -0.1) is 0 Å². The molecule has 0 aromatic carbocycles. The molecule has 2 amide bonds. The van der Waals surface area contributed by atoms with Gasteiger partial charge in [0.05, 0.1) is 0 Å². The van der Waals surface area contributed by atoms with Gasteiger partial charge in [0.1, 0.15) is 13.2 Å². The first-order valence-electron chi connectivity index (χ1n) is 12.9. The molecular weight excluding hydrogens is 436 g/mol. The summed E-state index contributed by atoms with van der Waals surface area (Å²) in [5.41, 5.74) is 0. The Labute approximate surface area is 206 Å². The Morgan fingerprint density at radius 1 is 0.706 bits per heavy atom. The molecule has 2 heterocycles. The third kappa shape index (κ3) is 10.5. The minimum Gasteiger partial charge on any atom is -0.372 e. The fourth-order valence-corrected chi connectivity index (χ4v) is 4.81. The highest BCUT2D eigenvalue weighted by atomic mass is 16.5. The van der Waals surface area contributed by atoms with Gasteiger partial charge in [-0.2, -0.15) is 0 Å². The number of amides is 2. The lowest BCUT2D eigenvalue weighted by Gasteiger charge is -2.50. The summed E-state index contributed by atoms with van der Waals surface area (Å²) in [5.74, 6) is -0.142. The molecule has 0 radical (unpaired) electrons. The van der Waals surface area contributed by atoms with Gasteiger partial charge in [-0.1, -0.05) is 0 Å². The first-order valence-corrected chi connectivity index (χ1v) is 12.9. The average molecular weight is 485 g/mol. The highest BCUT2D eigenvalue weighted by Gasteiger charge is 2.37. The van der Waals surface area contributed by atoms with Gasteiger partial charge in [0, 0.05) is 85.2 Å². The molecule has 10 nitrogen and oxygen atoms in total. The standard InChI is InChI=1S/C24H48N6O4/c1-25-23(31)19-33-15-7-5-6-9-29-13-11-27(3)17-21(29)22-18-28(4)12-14-30(22)10-8-16-34-20-24(32)26-2/h21-22H,5-20H2,1-4H3,(H,25,31)(H,26,32). The number of carbonyl (C=O) groups excluding carboxylic acids is 2. The van der Waals surface area contributed by atoms with Gasteiger partial charge >= 0.3 is 0 Å². The minimum atomic E-state index is -0.0728. The van der Waals surface area contributed by atoms with Crippen LogP contribution in [0.3, 0.4) is 0 Å². The molecule has 2 aliphatic rings. The highest BCUT2D eigenvalue weighted by molar-refractivity contribution is 5.77. The van der Waals surface area contributed by atoms with E-state index in [9.17, 15) is 9.59 Å². The summed E-state index contributed by atoms with van der Waals surface area (Å²) in [6.07, 6.45) is 4.20. The Hall–Kier alpha value is -1.30. The highest BCUT2D eigenvalue weighted by Crippen LogP contribution is 2.21. The first-order chi connectivity index (χ1) is 16.4. The third-order valence-corrected chi connectivity index (χ3v) is 6.91. The molecule has 2 rings (SSSR count). The Kier molecular flexibility index (Phi) is 13.9. The van der Waals surface area contributed by atoms with Crippen LogP contribution >= 0.6 is 0 Å². The predicted molar refractivity (Wildman–Crippen MR) is 134 cm³/mol. The van der Waals surface area contributed by atoms with E-state index in [1.807, 2.05) is 0 Å². The van der Waals surface area contributed by atoms with Crippen LogP contribution in [0.2, 0.25) is 0 Å². The molecule has 2 atom stereocenters. The summed E-state index contributed by atoms with van der Waals surface area (Å²) in [6, 6.07) is 1.01. The van der Waals surface area contributed by atoms with Crippen molar-refractivity contribution in [2.45, 2.75) is 37.8 Å². The molecule has 34 heavy (non-hydrogen) atoms. The van der Waals surface area contributed by atoms with Crippen molar-refractivity contribution in [1.29, 1.82) is 0 Å². The zero-order valence-corrected chi connectivity index (χ0v) is 21.9. The van der Waals surface area contributed by atoms with Crippen LogP contribution in [0.25, 0.3) is 0 Å². The van der Waals surface area contributed by atoms with Crippen LogP contribution < -0.4 is 10.6 Å². The van der Waals surface area contributed by atoms with Crippen molar-refractivity contribution in [1.82, 2.24) is 30.2 Å². The molecule has 10 heteroatoms. The Morgan fingerprint density at radius 3 is 1.68 bits per heavy atom. The largest absolute Gasteiger partial charge is 0.372 e. The van der Waals surface area contributed by atoms with Crippen LogP contribution in [0.4, 0.5) is 0 Å². The molecule has 0 aliphatic carbocycles. The number of ether oxygens (including phenoxy) is 2. The number of unbranched alkanes of at least 4 members (excludes halogenated alkanes) is 2. The maximum absolute atomic E-state index is 11.4. The predicted octanol–water partition coefficient (Wildman–Crippen LogP) is -0.696. The van der Waals surface area contributed by atoms with E-state index in [2.05, 4.69) is 44.3 Å². The molecule has 0 aromatic heterocycles. The molecule has 0 spiro atoms. The number of hydrogen-bond acceptors (Lipinski definition) is 8. The van der Waals surface area contributed by atoms with E-state index in [1.54, 1.807) is 14.1 Å². The van der Waals surface area contributed by atoms with Crippen LogP contribution in [0.1, 0.15) is 25.7 Å². The van der Waals surface area contributed by atoms with Crippen LogP contribution in [-0.2, 0) is 19.1 Å². The smallest absolute Gasteiger partial charge is 0.245 e. The van der Waals surface area contributed by atoms with Gasteiger partial charge < -0.3 is 29.9 Å². The van der Waals surface area contributed by atoms with Gasteiger partial charge in [0.15, 0.2) is 0 Å². The molecule has 2 aliphatic heterocycles. The second-order valence-corrected chi connectivity index (χ2v) is 9.60. The molecule has 2 fully saturated rings. The zero-order chi connectivity index (χ0) is 24.8. The minimum absolute atomic E-state index is 0.0692. The quantitative estimate of drug-likeness (QED) is 0.295. The molecule has 2 saturated heterocycles. The number of nitrogens with zero attached hydrogens (tertiary/aromatic N) is 4. The second-order valence-electron chi connectivity index (χ2n) is 9.60. The van der Waals surface area contributed by atoms with Gasteiger partial charge in [0.25, 0.3) is 0 Å². The fraction of sp³-hybridized carbons (Fsp3) is 0.917. The summed E-state index contributed by atoms with van der Waals surface area (Å²) < 4.78 is 11.0. The van der Waals surface area contributed by atoms with Gasteiger partial charge in [-0.3, -0.25) is 19.4 Å². The van der Waals surface area contributed by atoms with Crippen LogP contribution in [0.15, 0.2) is 0 Å². The van der Waals surface area contributed by atoms with Crippen molar-refractivity contribution in [2.75, 3.05) is 107 Å². The monoisotopic (exact) mass is 484 g/mol. The topological polar surface area (TPSA) is 89.6 Å². The van der Waals surface area contributed by atoms with Crippen LogP contribution in [0, 0.1) is 0 Å². The van der Waals surface area contributed by atoms with Crippen molar-refractivity contribution in [3.8, 4) is 0 Å². The zero-order valence-electron chi connectivity index (χ0n) is 21.9. The van der Waals surface area contributed by atoms with E-state index in [-0.39, 0.29) is 25.0 Å². The summed E-state index contributed by atoms with van der Waals surface area (Å²) in [7, 11) is 7.73. The third-order valence-electron chi connectivity index (χ3n) is 6.91. The van der Waals surface area contributed by atoms with Crippen molar-refractivity contribution in [3.63, 3.8) is 0 Å². The van der Waals surface area contributed by atoms with E-state index in [4.69, 9.17) is 9.47 Å². The number of hydrogen-bond donors (Lipinski definition) is 2. The van der Waals surface area contributed by atoms with Gasteiger partial charge in [-0.25, -0.2) is 0 Å². The Balaban J connectivity index is 1.81. The van der Waals surface area contributed by atoms with E-state index in [1.165, 1.54) is 0 Å². The fourth-order valence-electron chi connectivity index (χ4n) is 4.81. The maximum atomic E-state index is 11.4. The van der Waals surface area contributed by atoms with Crippen molar-refractivity contribution in [3.05, 3.63) is 0 Å². The van der Waals surface area contributed by atoms with E-state index < -0.39 is 0 Å². The molecular formula is C24H48N6O4.